The average molecular weight is 282 g/mol. The van der Waals surface area contributed by atoms with Crippen LogP contribution >= 0.6 is 0 Å². The fraction of sp³-hybridized carbons (Fsp3) is 0.167. The summed E-state index contributed by atoms with van der Waals surface area (Å²) in [5, 5.41) is 8.60. The van der Waals surface area contributed by atoms with E-state index in [2.05, 4.69) is 6.92 Å². The van der Waals surface area contributed by atoms with Crippen molar-refractivity contribution in [2.75, 3.05) is 6.61 Å². The van der Waals surface area contributed by atoms with E-state index in [1.165, 1.54) is 0 Å². The SMILES string of the molecule is CCCOc1ccc(-c2ccc(C=CC(=O)O)cc2)cc1. The van der Waals surface area contributed by atoms with Crippen LogP contribution in [0.25, 0.3) is 17.2 Å². The third kappa shape index (κ3) is 4.49. The Labute approximate surface area is 124 Å². The summed E-state index contributed by atoms with van der Waals surface area (Å²) in [4.78, 5) is 10.5. The highest BCUT2D eigenvalue weighted by Crippen LogP contribution is 2.23. The van der Waals surface area contributed by atoms with Gasteiger partial charge in [0.2, 0.25) is 0 Å². The fourth-order valence-electron chi connectivity index (χ4n) is 1.92. The topological polar surface area (TPSA) is 46.5 Å². The van der Waals surface area contributed by atoms with Gasteiger partial charge in [0.1, 0.15) is 5.75 Å². The molecule has 2 rings (SSSR count). The van der Waals surface area contributed by atoms with Crippen LogP contribution in [-0.2, 0) is 4.79 Å². The summed E-state index contributed by atoms with van der Waals surface area (Å²) >= 11 is 0. The molecule has 0 aliphatic rings. The van der Waals surface area contributed by atoms with E-state index in [1.807, 2.05) is 48.5 Å². The van der Waals surface area contributed by atoms with Gasteiger partial charge >= 0.3 is 5.97 Å². The molecule has 0 atom stereocenters. The molecule has 108 valence electrons. The smallest absolute Gasteiger partial charge is 0.328 e. The van der Waals surface area contributed by atoms with E-state index >= 15 is 0 Å². The lowest BCUT2D eigenvalue weighted by atomic mass is 10.0. The van der Waals surface area contributed by atoms with Crippen LogP contribution in [0.5, 0.6) is 5.75 Å². The van der Waals surface area contributed by atoms with E-state index in [9.17, 15) is 4.79 Å². The minimum absolute atomic E-state index is 0.726. The molecule has 0 aliphatic carbocycles. The van der Waals surface area contributed by atoms with Gasteiger partial charge in [0, 0.05) is 6.08 Å². The molecule has 0 unspecified atom stereocenters. The number of carboxylic acid groups (broad SMARTS) is 1. The summed E-state index contributed by atoms with van der Waals surface area (Å²) in [6, 6.07) is 15.7. The van der Waals surface area contributed by atoms with Crippen molar-refractivity contribution in [3.63, 3.8) is 0 Å². The summed E-state index contributed by atoms with van der Waals surface area (Å²) < 4.78 is 5.55. The number of rotatable bonds is 6. The second-order valence-electron chi connectivity index (χ2n) is 4.67. The minimum Gasteiger partial charge on any atom is -0.494 e. The maximum atomic E-state index is 10.5. The highest BCUT2D eigenvalue weighted by molar-refractivity contribution is 5.85. The first-order valence-corrected chi connectivity index (χ1v) is 6.93. The van der Waals surface area contributed by atoms with Gasteiger partial charge in [-0.2, -0.15) is 0 Å². The molecule has 0 amide bonds. The second kappa shape index (κ2) is 7.29. The van der Waals surface area contributed by atoms with Crippen LogP contribution in [0.2, 0.25) is 0 Å². The Morgan fingerprint density at radius 1 is 1.05 bits per heavy atom. The molecule has 2 aromatic rings. The zero-order valence-electron chi connectivity index (χ0n) is 12.0. The number of benzene rings is 2. The fourth-order valence-corrected chi connectivity index (χ4v) is 1.92. The number of aliphatic carboxylic acids is 1. The minimum atomic E-state index is -0.943. The number of carbonyl (C=O) groups is 1. The zero-order valence-corrected chi connectivity index (χ0v) is 12.0. The molecule has 0 fully saturated rings. The van der Waals surface area contributed by atoms with Gasteiger partial charge in [0.25, 0.3) is 0 Å². The first-order chi connectivity index (χ1) is 10.2. The average Bonchev–Trinajstić information content (AvgIpc) is 2.52. The summed E-state index contributed by atoms with van der Waals surface area (Å²) in [6.07, 6.45) is 3.70. The van der Waals surface area contributed by atoms with Gasteiger partial charge < -0.3 is 9.84 Å². The van der Waals surface area contributed by atoms with Gasteiger partial charge in [-0.25, -0.2) is 4.79 Å². The van der Waals surface area contributed by atoms with Crippen molar-refractivity contribution in [2.45, 2.75) is 13.3 Å². The predicted molar refractivity (Wildman–Crippen MR) is 84.3 cm³/mol. The van der Waals surface area contributed by atoms with Gasteiger partial charge in [-0.3, -0.25) is 0 Å². The summed E-state index contributed by atoms with van der Waals surface area (Å²) in [5.41, 5.74) is 3.06. The first kappa shape index (κ1) is 14.9. The first-order valence-electron chi connectivity index (χ1n) is 6.93. The summed E-state index contributed by atoms with van der Waals surface area (Å²) in [7, 11) is 0. The Balaban J connectivity index is 2.09. The van der Waals surface area contributed by atoms with Gasteiger partial charge in [0.05, 0.1) is 6.61 Å². The van der Waals surface area contributed by atoms with E-state index in [4.69, 9.17) is 9.84 Å². The van der Waals surface area contributed by atoms with Crippen LogP contribution < -0.4 is 4.74 Å². The van der Waals surface area contributed by atoms with Crippen molar-refractivity contribution in [3.05, 3.63) is 60.2 Å². The third-order valence-electron chi connectivity index (χ3n) is 2.99. The molecule has 21 heavy (non-hydrogen) atoms. The lowest BCUT2D eigenvalue weighted by molar-refractivity contribution is -0.131. The Morgan fingerprint density at radius 2 is 1.62 bits per heavy atom. The summed E-state index contributed by atoms with van der Waals surface area (Å²) in [6.45, 7) is 2.80. The number of ether oxygens (including phenoxy) is 1. The monoisotopic (exact) mass is 282 g/mol. The number of hydrogen-bond acceptors (Lipinski definition) is 2. The molecule has 0 aromatic heterocycles. The molecule has 0 radical (unpaired) electrons. The van der Waals surface area contributed by atoms with Crippen LogP contribution in [0.1, 0.15) is 18.9 Å². The van der Waals surface area contributed by atoms with E-state index in [-0.39, 0.29) is 0 Å². The number of carboxylic acids is 1. The molecule has 0 spiro atoms. The molecule has 0 aliphatic heterocycles. The highest BCUT2D eigenvalue weighted by Gasteiger charge is 1.99. The Bertz CT molecular complexity index is 610. The van der Waals surface area contributed by atoms with Crippen LogP contribution in [-0.4, -0.2) is 17.7 Å². The third-order valence-corrected chi connectivity index (χ3v) is 2.99. The lowest BCUT2D eigenvalue weighted by Crippen LogP contribution is -1.94. The lowest BCUT2D eigenvalue weighted by Gasteiger charge is -2.06. The van der Waals surface area contributed by atoms with E-state index in [0.29, 0.717) is 0 Å². The van der Waals surface area contributed by atoms with Crippen LogP contribution in [0, 0.1) is 0 Å². The van der Waals surface area contributed by atoms with E-state index < -0.39 is 5.97 Å². The number of hydrogen-bond donors (Lipinski definition) is 1. The standard InChI is InChI=1S/C18H18O3/c1-2-13-21-17-10-8-16(9-11-17)15-6-3-14(4-7-15)5-12-18(19)20/h3-12H,2,13H2,1H3,(H,19,20). The van der Waals surface area contributed by atoms with Crippen LogP contribution in [0.15, 0.2) is 54.6 Å². The molecule has 3 heteroatoms. The van der Waals surface area contributed by atoms with Crippen molar-refractivity contribution >= 4 is 12.0 Å². The van der Waals surface area contributed by atoms with Gasteiger partial charge in [-0.1, -0.05) is 43.3 Å². The Hall–Kier alpha value is -2.55. The normalized spacial score (nSPS) is 10.7. The van der Waals surface area contributed by atoms with Crippen molar-refractivity contribution in [2.24, 2.45) is 0 Å². The molecular formula is C18H18O3. The van der Waals surface area contributed by atoms with Gasteiger partial charge in [-0.05, 0) is 41.3 Å². The quantitative estimate of drug-likeness (QED) is 0.806. The molecule has 0 saturated heterocycles. The van der Waals surface area contributed by atoms with Crippen molar-refractivity contribution in [1.82, 2.24) is 0 Å². The molecule has 0 heterocycles. The molecule has 0 saturated carbocycles. The maximum Gasteiger partial charge on any atom is 0.328 e. The largest absolute Gasteiger partial charge is 0.494 e. The van der Waals surface area contributed by atoms with Crippen LogP contribution in [0.4, 0.5) is 0 Å². The van der Waals surface area contributed by atoms with Crippen molar-refractivity contribution in [3.8, 4) is 16.9 Å². The summed E-state index contributed by atoms with van der Waals surface area (Å²) in [5.74, 6) is -0.0663. The second-order valence-corrected chi connectivity index (χ2v) is 4.67. The predicted octanol–water partition coefficient (Wildman–Crippen LogP) is 4.24. The Morgan fingerprint density at radius 3 is 2.14 bits per heavy atom. The Kier molecular flexibility index (Phi) is 5.16. The van der Waals surface area contributed by atoms with E-state index in [1.54, 1.807) is 6.08 Å². The van der Waals surface area contributed by atoms with Gasteiger partial charge in [0.15, 0.2) is 0 Å². The molecule has 0 bridgehead atoms. The molecule has 1 N–H and O–H groups in total. The van der Waals surface area contributed by atoms with Crippen molar-refractivity contribution < 1.29 is 14.6 Å². The molecule has 2 aromatic carbocycles. The molecular weight excluding hydrogens is 264 g/mol. The van der Waals surface area contributed by atoms with Gasteiger partial charge in [-0.15, -0.1) is 0 Å². The highest BCUT2D eigenvalue weighted by atomic mass is 16.5. The molecule has 3 nitrogen and oxygen atoms in total. The van der Waals surface area contributed by atoms with Crippen molar-refractivity contribution in [1.29, 1.82) is 0 Å². The maximum absolute atomic E-state index is 10.5. The zero-order chi connectivity index (χ0) is 15.1. The van der Waals surface area contributed by atoms with E-state index in [0.717, 1.165) is 41.5 Å². The van der Waals surface area contributed by atoms with Crippen LogP contribution in [0.3, 0.4) is 0 Å².